The van der Waals surface area contributed by atoms with E-state index in [1.807, 2.05) is 29.9 Å². The summed E-state index contributed by atoms with van der Waals surface area (Å²) in [6.07, 6.45) is 6.59. The van der Waals surface area contributed by atoms with Crippen LogP contribution in [0.5, 0.6) is 5.75 Å². The molecular formula is C21H30FN3O3S. The SMILES string of the molecule is CCOc1ccc(S(=O)(=O)NCC(c2cccn2C)N2CCCCCC2)cc1F. The van der Waals surface area contributed by atoms with E-state index in [-0.39, 0.29) is 23.2 Å². The summed E-state index contributed by atoms with van der Waals surface area (Å²) in [4.78, 5) is 2.25. The molecule has 1 saturated heterocycles. The van der Waals surface area contributed by atoms with Gasteiger partial charge in [0, 0.05) is 25.5 Å². The molecule has 8 heteroatoms. The van der Waals surface area contributed by atoms with Gasteiger partial charge in [0.1, 0.15) is 0 Å². The van der Waals surface area contributed by atoms with E-state index in [4.69, 9.17) is 4.74 Å². The van der Waals surface area contributed by atoms with Crippen LogP contribution in [-0.4, -0.2) is 44.1 Å². The van der Waals surface area contributed by atoms with Crippen molar-refractivity contribution in [3.63, 3.8) is 0 Å². The number of benzene rings is 1. The molecule has 1 aromatic heterocycles. The zero-order chi connectivity index (χ0) is 20.9. The molecule has 0 spiro atoms. The predicted octanol–water partition coefficient (Wildman–Crippen LogP) is 3.46. The number of aryl methyl sites for hydroxylation is 1. The van der Waals surface area contributed by atoms with Gasteiger partial charge in [0.25, 0.3) is 0 Å². The molecule has 0 amide bonds. The lowest BCUT2D eigenvalue weighted by atomic mass is 10.1. The minimum absolute atomic E-state index is 0.0534. The largest absolute Gasteiger partial charge is 0.491 e. The average molecular weight is 424 g/mol. The molecule has 1 aliphatic heterocycles. The molecule has 0 saturated carbocycles. The van der Waals surface area contributed by atoms with E-state index in [9.17, 15) is 12.8 Å². The molecule has 2 aromatic rings. The van der Waals surface area contributed by atoms with Gasteiger partial charge in [-0.3, -0.25) is 4.90 Å². The highest BCUT2D eigenvalue weighted by atomic mass is 32.2. The number of likely N-dealkylation sites (tertiary alicyclic amines) is 1. The van der Waals surface area contributed by atoms with Crippen molar-refractivity contribution in [3.05, 3.63) is 48.0 Å². The Hall–Kier alpha value is -1.90. The number of halogens is 1. The third-order valence-electron chi connectivity index (χ3n) is 5.39. The molecule has 1 atom stereocenters. The van der Waals surface area contributed by atoms with Crippen LogP contribution in [0.25, 0.3) is 0 Å². The Bertz CT molecular complexity index is 906. The van der Waals surface area contributed by atoms with Gasteiger partial charge in [-0.1, -0.05) is 12.8 Å². The Morgan fingerprint density at radius 3 is 2.48 bits per heavy atom. The summed E-state index contributed by atoms with van der Waals surface area (Å²) in [5.74, 6) is -0.626. The molecule has 29 heavy (non-hydrogen) atoms. The Morgan fingerprint density at radius 2 is 1.90 bits per heavy atom. The fraction of sp³-hybridized carbons (Fsp3) is 0.524. The number of hydrogen-bond acceptors (Lipinski definition) is 4. The van der Waals surface area contributed by atoms with Crippen molar-refractivity contribution in [3.8, 4) is 5.75 Å². The number of rotatable bonds is 8. The van der Waals surface area contributed by atoms with Gasteiger partial charge in [-0.05, 0) is 63.2 Å². The maximum Gasteiger partial charge on any atom is 0.240 e. The molecule has 1 aromatic carbocycles. The van der Waals surface area contributed by atoms with E-state index >= 15 is 0 Å². The summed E-state index contributed by atoms with van der Waals surface area (Å²) in [5.41, 5.74) is 1.06. The van der Waals surface area contributed by atoms with E-state index < -0.39 is 15.8 Å². The first-order valence-corrected chi connectivity index (χ1v) is 11.7. The molecule has 0 radical (unpaired) electrons. The van der Waals surface area contributed by atoms with Crippen LogP contribution in [0.15, 0.2) is 41.4 Å². The highest BCUT2D eigenvalue weighted by Gasteiger charge is 2.26. The van der Waals surface area contributed by atoms with Crippen LogP contribution in [-0.2, 0) is 17.1 Å². The van der Waals surface area contributed by atoms with E-state index in [2.05, 4.69) is 9.62 Å². The summed E-state index contributed by atoms with van der Waals surface area (Å²) in [6, 6.07) is 7.67. The number of nitrogens with one attached hydrogen (secondary N) is 1. The molecular weight excluding hydrogens is 393 g/mol. The van der Waals surface area contributed by atoms with Crippen molar-refractivity contribution in [2.45, 2.75) is 43.5 Å². The average Bonchev–Trinajstić information content (AvgIpc) is 2.93. The van der Waals surface area contributed by atoms with Crippen molar-refractivity contribution >= 4 is 10.0 Å². The second kappa shape index (κ2) is 9.73. The number of aromatic nitrogens is 1. The van der Waals surface area contributed by atoms with E-state index in [0.717, 1.165) is 37.7 Å². The zero-order valence-corrected chi connectivity index (χ0v) is 17.9. The molecule has 1 N–H and O–H groups in total. The molecule has 1 unspecified atom stereocenters. The van der Waals surface area contributed by atoms with E-state index in [1.54, 1.807) is 6.92 Å². The molecule has 0 bridgehead atoms. The van der Waals surface area contributed by atoms with Crippen molar-refractivity contribution in [1.82, 2.24) is 14.2 Å². The molecule has 160 valence electrons. The fourth-order valence-electron chi connectivity index (χ4n) is 3.84. The van der Waals surface area contributed by atoms with Gasteiger partial charge >= 0.3 is 0 Å². The van der Waals surface area contributed by atoms with Gasteiger partial charge in [0.2, 0.25) is 10.0 Å². The summed E-state index contributed by atoms with van der Waals surface area (Å²) in [5, 5.41) is 0. The van der Waals surface area contributed by atoms with Gasteiger partial charge in [-0.15, -0.1) is 0 Å². The Labute approximate surface area is 172 Å². The van der Waals surface area contributed by atoms with Gasteiger partial charge in [-0.2, -0.15) is 0 Å². The predicted molar refractivity (Wildman–Crippen MR) is 111 cm³/mol. The lowest BCUT2D eigenvalue weighted by Gasteiger charge is -2.31. The smallest absolute Gasteiger partial charge is 0.240 e. The first kappa shape index (κ1) is 21.8. The monoisotopic (exact) mass is 423 g/mol. The van der Waals surface area contributed by atoms with Crippen molar-refractivity contribution in [1.29, 1.82) is 0 Å². The lowest BCUT2D eigenvalue weighted by Crippen LogP contribution is -2.39. The molecule has 3 rings (SSSR count). The van der Waals surface area contributed by atoms with Crippen LogP contribution in [0.3, 0.4) is 0 Å². The number of sulfonamides is 1. The topological polar surface area (TPSA) is 63.6 Å². The van der Waals surface area contributed by atoms with Crippen LogP contribution < -0.4 is 9.46 Å². The second-order valence-corrected chi connectivity index (χ2v) is 9.15. The maximum atomic E-state index is 14.1. The highest BCUT2D eigenvalue weighted by Crippen LogP contribution is 2.25. The van der Waals surface area contributed by atoms with Crippen molar-refractivity contribution in [2.75, 3.05) is 26.2 Å². The Kier molecular flexibility index (Phi) is 7.32. The Balaban J connectivity index is 1.79. The third kappa shape index (κ3) is 5.38. The number of hydrogen-bond donors (Lipinski definition) is 1. The van der Waals surface area contributed by atoms with E-state index in [0.29, 0.717) is 6.61 Å². The summed E-state index contributed by atoms with van der Waals surface area (Å²) in [6.45, 7) is 4.17. The maximum absolute atomic E-state index is 14.1. The third-order valence-corrected chi connectivity index (χ3v) is 6.81. The number of nitrogens with zero attached hydrogens (tertiary/aromatic N) is 2. The van der Waals surface area contributed by atoms with Crippen molar-refractivity contribution in [2.24, 2.45) is 7.05 Å². The van der Waals surface area contributed by atoms with Gasteiger partial charge in [-0.25, -0.2) is 17.5 Å². The molecule has 1 fully saturated rings. The second-order valence-electron chi connectivity index (χ2n) is 7.39. The fourth-order valence-corrected chi connectivity index (χ4v) is 4.89. The highest BCUT2D eigenvalue weighted by molar-refractivity contribution is 7.89. The van der Waals surface area contributed by atoms with Crippen LogP contribution in [0.4, 0.5) is 4.39 Å². The van der Waals surface area contributed by atoms with Crippen LogP contribution in [0.1, 0.15) is 44.3 Å². The minimum Gasteiger partial charge on any atom is -0.491 e. The van der Waals surface area contributed by atoms with Gasteiger partial charge in [0.05, 0.1) is 17.5 Å². The van der Waals surface area contributed by atoms with E-state index in [1.165, 1.54) is 25.0 Å². The minimum atomic E-state index is -3.84. The molecule has 0 aliphatic carbocycles. The lowest BCUT2D eigenvalue weighted by molar-refractivity contribution is 0.199. The van der Waals surface area contributed by atoms with Crippen LogP contribution in [0, 0.1) is 5.82 Å². The van der Waals surface area contributed by atoms with Crippen LogP contribution >= 0.6 is 0 Å². The Morgan fingerprint density at radius 1 is 1.17 bits per heavy atom. The first-order chi connectivity index (χ1) is 13.9. The van der Waals surface area contributed by atoms with Gasteiger partial charge < -0.3 is 9.30 Å². The zero-order valence-electron chi connectivity index (χ0n) is 17.1. The van der Waals surface area contributed by atoms with Crippen LogP contribution in [0.2, 0.25) is 0 Å². The number of ether oxygens (including phenoxy) is 1. The quantitative estimate of drug-likeness (QED) is 0.706. The molecule has 2 heterocycles. The normalized spacial score (nSPS) is 17.1. The van der Waals surface area contributed by atoms with Gasteiger partial charge in [0.15, 0.2) is 11.6 Å². The van der Waals surface area contributed by atoms with Crippen molar-refractivity contribution < 1.29 is 17.5 Å². The summed E-state index contributed by atoms with van der Waals surface area (Å²) >= 11 is 0. The summed E-state index contributed by atoms with van der Waals surface area (Å²) < 4.78 is 49.7. The first-order valence-electron chi connectivity index (χ1n) is 10.2. The molecule has 1 aliphatic rings. The standard InChI is InChI=1S/C21H30FN3O3S/c1-3-28-21-11-10-17(15-18(21)22)29(26,27)23-16-20(19-9-8-12-24(19)2)25-13-6-4-5-7-14-25/h8-12,15,20,23H,3-7,13-14,16H2,1-2H3. The summed E-state index contributed by atoms with van der Waals surface area (Å²) in [7, 11) is -1.87. The molecule has 6 nitrogen and oxygen atoms in total.